The summed E-state index contributed by atoms with van der Waals surface area (Å²) in [5.74, 6) is 1.75. The van der Waals surface area contributed by atoms with Gasteiger partial charge in [0.2, 0.25) is 5.95 Å². The lowest BCUT2D eigenvalue weighted by atomic mass is 9.78. The molecule has 0 radical (unpaired) electrons. The number of nitrogens with zero attached hydrogens (tertiary/aromatic N) is 5. The molecule has 0 bridgehead atoms. The zero-order valence-corrected chi connectivity index (χ0v) is 15.6. The van der Waals surface area contributed by atoms with Gasteiger partial charge in [-0.2, -0.15) is 0 Å². The first-order valence-corrected chi connectivity index (χ1v) is 9.39. The summed E-state index contributed by atoms with van der Waals surface area (Å²) in [4.78, 5) is 13.7. The minimum Gasteiger partial charge on any atom is -0.379 e. The molecule has 0 unspecified atom stereocenters. The molecule has 0 atom stereocenters. The Morgan fingerprint density at radius 2 is 1.88 bits per heavy atom. The lowest BCUT2D eigenvalue weighted by molar-refractivity contribution is 0.0200. The van der Waals surface area contributed by atoms with Crippen LogP contribution in [0.5, 0.6) is 0 Å². The molecule has 2 aromatic rings. The summed E-state index contributed by atoms with van der Waals surface area (Å²) in [5, 5.41) is 4.08. The third-order valence-corrected chi connectivity index (χ3v) is 5.75. The number of hydrogen-bond acceptors (Lipinski definition) is 7. The number of rotatable bonds is 3. The van der Waals surface area contributed by atoms with Gasteiger partial charge in [-0.25, -0.2) is 9.97 Å². The van der Waals surface area contributed by atoms with E-state index in [4.69, 9.17) is 9.26 Å². The van der Waals surface area contributed by atoms with Gasteiger partial charge in [0.25, 0.3) is 0 Å². The summed E-state index contributed by atoms with van der Waals surface area (Å²) < 4.78 is 11.3. The average Bonchev–Trinajstić information content (AvgIpc) is 2.86. The molecule has 0 aliphatic carbocycles. The van der Waals surface area contributed by atoms with Gasteiger partial charge in [0.1, 0.15) is 5.76 Å². The summed E-state index contributed by atoms with van der Waals surface area (Å²) in [6.07, 6.45) is 5.87. The summed E-state index contributed by atoms with van der Waals surface area (Å²) >= 11 is 0. The second-order valence-corrected chi connectivity index (χ2v) is 7.60. The maximum Gasteiger partial charge on any atom is 0.225 e. The molecule has 26 heavy (non-hydrogen) atoms. The summed E-state index contributed by atoms with van der Waals surface area (Å²) in [7, 11) is 0. The van der Waals surface area contributed by atoms with Gasteiger partial charge in [0.05, 0.1) is 18.9 Å². The Morgan fingerprint density at radius 3 is 2.58 bits per heavy atom. The SMILES string of the molecule is Cc1noc(C)c1CN1CCC2(CC1)COCCN(c1ncccn1)C2. The van der Waals surface area contributed by atoms with Gasteiger partial charge in [-0.15, -0.1) is 0 Å². The molecule has 140 valence electrons. The van der Waals surface area contributed by atoms with E-state index >= 15 is 0 Å². The monoisotopic (exact) mass is 357 g/mol. The Kier molecular flexibility index (Phi) is 4.91. The van der Waals surface area contributed by atoms with Crippen LogP contribution < -0.4 is 4.90 Å². The fourth-order valence-corrected chi connectivity index (χ4v) is 4.06. The molecule has 0 N–H and O–H groups in total. The lowest BCUT2D eigenvalue weighted by Gasteiger charge is -2.42. The van der Waals surface area contributed by atoms with Crippen LogP contribution in [0.1, 0.15) is 29.9 Å². The number of aromatic nitrogens is 3. The van der Waals surface area contributed by atoms with Crippen LogP contribution in [-0.4, -0.2) is 59.4 Å². The third-order valence-electron chi connectivity index (χ3n) is 5.75. The van der Waals surface area contributed by atoms with Crippen LogP contribution in [0.15, 0.2) is 23.0 Å². The Bertz CT molecular complexity index is 705. The van der Waals surface area contributed by atoms with E-state index in [0.29, 0.717) is 0 Å². The minimum atomic E-state index is 0.185. The van der Waals surface area contributed by atoms with E-state index < -0.39 is 0 Å². The van der Waals surface area contributed by atoms with Crippen molar-refractivity contribution in [2.75, 3.05) is 44.3 Å². The summed E-state index contributed by atoms with van der Waals surface area (Å²) in [6.45, 7) is 10.5. The number of ether oxygens (including phenoxy) is 1. The normalized spacial score (nSPS) is 21.1. The van der Waals surface area contributed by atoms with E-state index in [1.165, 1.54) is 5.56 Å². The summed E-state index contributed by atoms with van der Waals surface area (Å²) in [5.41, 5.74) is 2.43. The van der Waals surface area contributed by atoms with E-state index in [1.54, 1.807) is 0 Å². The highest BCUT2D eigenvalue weighted by Gasteiger charge is 2.38. The molecule has 0 saturated carbocycles. The van der Waals surface area contributed by atoms with Crippen LogP contribution in [0.25, 0.3) is 0 Å². The molecule has 0 amide bonds. The Labute approximate surface area is 154 Å². The van der Waals surface area contributed by atoms with Crippen molar-refractivity contribution in [3.63, 3.8) is 0 Å². The zero-order valence-electron chi connectivity index (χ0n) is 15.6. The van der Waals surface area contributed by atoms with Crippen molar-refractivity contribution in [3.05, 3.63) is 35.5 Å². The zero-order chi connectivity index (χ0) is 18.0. The van der Waals surface area contributed by atoms with Gasteiger partial charge >= 0.3 is 0 Å². The van der Waals surface area contributed by atoms with Gasteiger partial charge in [-0.05, 0) is 45.8 Å². The molecule has 2 aromatic heterocycles. The van der Waals surface area contributed by atoms with Crippen LogP contribution in [0, 0.1) is 19.3 Å². The Balaban J connectivity index is 1.42. The van der Waals surface area contributed by atoms with Crippen LogP contribution in [0.3, 0.4) is 0 Å². The quantitative estimate of drug-likeness (QED) is 0.834. The van der Waals surface area contributed by atoms with Crippen LogP contribution in [0.4, 0.5) is 5.95 Å². The van der Waals surface area contributed by atoms with Crippen molar-refractivity contribution < 1.29 is 9.26 Å². The summed E-state index contributed by atoms with van der Waals surface area (Å²) in [6, 6.07) is 1.86. The maximum absolute atomic E-state index is 5.98. The number of anilines is 1. The number of hydrogen-bond donors (Lipinski definition) is 0. The molecule has 7 nitrogen and oxygen atoms in total. The minimum absolute atomic E-state index is 0.185. The molecule has 2 saturated heterocycles. The van der Waals surface area contributed by atoms with Gasteiger partial charge in [-0.3, -0.25) is 4.90 Å². The van der Waals surface area contributed by atoms with Crippen LogP contribution >= 0.6 is 0 Å². The van der Waals surface area contributed by atoms with Crippen LogP contribution in [-0.2, 0) is 11.3 Å². The standard InChI is InChI=1S/C19H27N5O2/c1-15-17(16(2)26-22-15)12-23-8-4-19(5-9-23)13-24(10-11-25-14-19)18-20-6-3-7-21-18/h3,6-7H,4-5,8-14H2,1-2H3. The fourth-order valence-electron chi connectivity index (χ4n) is 4.06. The second-order valence-electron chi connectivity index (χ2n) is 7.60. The first kappa shape index (κ1) is 17.4. The molecule has 2 fully saturated rings. The van der Waals surface area contributed by atoms with Crippen molar-refractivity contribution in [1.82, 2.24) is 20.0 Å². The van der Waals surface area contributed by atoms with Gasteiger partial charge in [0.15, 0.2) is 0 Å². The van der Waals surface area contributed by atoms with Crippen LogP contribution in [0.2, 0.25) is 0 Å². The van der Waals surface area contributed by atoms with Gasteiger partial charge in [0, 0.05) is 43.0 Å². The second kappa shape index (κ2) is 7.32. The highest BCUT2D eigenvalue weighted by Crippen LogP contribution is 2.35. The van der Waals surface area contributed by atoms with Gasteiger partial charge in [-0.1, -0.05) is 5.16 Å². The van der Waals surface area contributed by atoms with Gasteiger partial charge < -0.3 is 14.2 Å². The predicted molar refractivity (Wildman–Crippen MR) is 98.0 cm³/mol. The highest BCUT2D eigenvalue weighted by molar-refractivity contribution is 5.29. The number of likely N-dealkylation sites (tertiary alicyclic amines) is 1. The topological polar surface area (TPSA) is 67.5 Å². The fraction of sp³-hybridized carbons (Fsp3) is 0.632. The number of piperidine rings is 1. The molecular formula is C19H27N5O2. The Morgan fingerprint density at radius 1 is 1.12 bits per heavy atom. The van der Waals surface area contributed by atoms with E-state index in [2.05, 4.69) is 24.9 Å². The molecule has 2 aliphatic rings. The maximum atomic E-state index is 5.98. The smallest absolute Gasteiger partial charge is 0.225 e. The molecule has 1 spiro atoms. The molecular weight excluding hydrogens is 330 g/mol. The average molecular weight is 357 g/mol. The first-order valence-electron chi connectivity index (χ1n) is 9.39. The predicted octanol–water partition coefficient (Wildman–Crippen LogP) is 2.20. The van der Waals surface area contributed by atoms with Crippen molar-refractivity contribution >= 4 is 5.95 Å². The molecule has 7 heteroatoms. The van der Waals surface area contributed by atoms with Crippen molar-refractivity contribution in [1.29, 1.82) is 0 Å². The molecule has 2 aliphatic heterocycles. The number of aryl methyl sites for hydroxylation is 2. The first-order chi connectivity index (χ1) is 12.7. The van der Waals surface area contributed by atoms with Crippen molar-refractivity contribution in [2.24, 2.45) is 5.41 Å². The largest absolute Gasteiger partial charge is 0.379 e. The van der Waals surface area contributed by atoms with E-state index in [-0.39, 0.29) is 5.41 Å². The Hall–Kier alpha value is -1.99. The molecule has 4 heterocycles. The van der Waals surface area contributed by atoms with Crippen molar-refractivity contribution in [2.45, 2.75) is 33.2 Å². The third kappa shape index (κ3) is 3.59. The molecule has 4 rings (SSSR count). The van der Waals surface area contributed by atoms with E-state index in [0.717, 1.165) is 76.2 Å². The molecule has 0 aromatic carbocycles. The highest BCUT2D eigenvalue weighted by atomic mass is 16.5. The van der Waals surface area contributed by atoms with E-state index in [9.17, 15) is 0 Å². The van der Waals surface area contributed by atoms with E-state index in [1.807, 2.05) is 32.3 Å². The lowest BCUT2D eigenvalue weighted by Crippen LogP contribution is -2.47. The van der Waals surface area contributed by atoms with Crippen molar-refractivity contribution in [3.8, 4) is 0 Å².